The van der Waals surface area contributed by atoms with Crippen molar-refractivity contribution in [3.63, 3.8) is 0 Å². The largest absolute Gasteiger partial charge is 0.370 e. The topological polar surface area (TPSA) is 92.7 Å². The molecule has 0 bridgehead atoms. The van der Waals surface area contributed by atoms with Crippen molar-refractivity contribution < 1.29 is 14.0 Å². The fraction of sp³-hybridized carbons (Fsp3) is 0.364. The Morgan fingerprint density at radius 1 is 1.07 bits per heavy atom. The molecule has 3 rings (SSSR count). The molecule has 2 atom stereocenters. The van der Waals surface area contributed by atoms with Gasteiger partial charge in [0, 0.05) is 37.7 Å². The predicted molar refractivity (Wildman–Crippen MR) is 111 cm³/mol. The van der Waals surface area contributed by atoms with Crippen molar-refractivity contribution in [2.45, 2.75) is 12.3 Å². The van der Waals surface area contributed by atoms with Crippen LogP contribution in [0.2, 0.25) is 0 Å². The van der Waals surface area contributed by atoms with E-state index in [9.17, 15) is 14.0 Å². The maximum Gasteiger partial charge on any atom is 0.241 e. The minimum absolute atomic E-state index is 0.0428. The number of carbonyl (C=O) groups excluding carboxylic acids is 2. The van der Waals surface area contributed by atoms with Gasteiger partial charge < -0.3 is 16.4 Å². The Kier molecular flexibility index (Phi) is 6.95. The maximum absolute atomic E-state index is 13.3. The Labute approximate surface area is 170 Å². The average molecular weight is 398 g/mol. The molecule has 4 N–H and O–H groups in total. The summed E-state index contributed by atoms with van der Waals surface area (Å²) in [6, 6.07) is 15.9. The van der Waals surface area contributed by atoms with Crippen molar-refractivity contribution in [1.29, 1.82) is 0 Å². The van der Waals surface area contributed by atoms with Gasteiger partial charge in [0.25, 0.3) is 0 Å². The van der Waals surface area contributed by atoms with Gasteiger partial charge in [-0.3, -0.25) is 14.5 Å². The molecular formula is C22H27FN4O2. The van der Waals surface area contributed by atoms with Gasteiger partial charge in [-0.1, -0.05) is 30.3 Å². The van der Waals surface area contributed by atoms with E-state index < -0.39 is 5.91 Å². The Hall–Kier alpha value is -2.77. The Bertz CT molecular complexity index is 828. The van der Waals surface area contributed by atoms with Crippen LogP contribution in [0.25, 0.3) is 0 Å². The quantitative estimate of drug-likeness (QED) is 0.708. The van der Waals surface area contributed by atoms with Gasteiger partial charge in [0.05, 0.1) is 6.54 Å². The molecule has 0 radical (unpaired) electrons. The first-order valence-corrected chi connectivity index (χ1v) is 9.79. The highest BCUT2D eigenvalue weighted by Gasteiger charge is 2.34. The molecule has 2 amide bonds. The molecule has 0 aliphatic carbocycles. The minimum atomic E-state index is -0.488. The normalized spacial score (nSPS) is 19.2. The van der Waals surface area contributed by atoms with E-state index in [4.69, 9.17) is 11.5 Å². The molecule has 1 aliphatic rings. The summed E-state index contributed by atoms with van der Waals surface area (Å²) in [7, 11) is 0. The van der Waals surface area contributed by atoms with Crippen LogP contribution < -0.4 is 16.4 Å². The number of likely N-dealkylation sites (tertiary alicyclic amines) is 1. The second-order valence-electron chi connectivity index (χ2n) is 7.45. The van der Waals surface area contributed by atoms with Crippen LogP contribution in [0.3, 0.4) is 0 Å². The zero-order valence-corrected chi connectivity index (χ0v) is 16.3. The minimum Gasteiger partial charge on any atom is -0.370 e. The number of benzene rings is 2. The van der Waals surface area contributed by atoms with E-state index in [-0.39, 0.29) is 43.1 Å². The predicted octanol–water partition coefficient (Wildman–Crippen LogP) is 1.71. The molecule has 0 saturated carbocycles. The summed E-state index contributed by atoms with van der Waals surface area (Å²) < 4.78 is 13.3. The molecule has 1 fully saturated rings. The summed E-state index contributed by atoms with van der Waals surface area (Å²) in [4.78, 5) is 27.9. The summed E-state index contributed by atoms with van der Waals surface area (Å²) in [5.74, 6) is -0.471. The van der Waals surface area contributed by atoms with Gasteiger partial charge >= 0.3 is 0 Å². The maximum atomic E-state index is 13.3. The highest BCUT2D eigenvalue weighted by atomic mass is 19.1. The monoisotopic (exact) mass is 398 g/mol. The number of nitrogens with zero attached hydrogens (tertiary/aromatic N) is 2. The third-order valence-corrected chi connectivity index (χ3v) is 5.43. The van der Waals surface area contributed by atoms with E-state index in [1.807, 2.05) is 18.2 Å². The Morgan fingerprint density at radius 3 is 2.38 bits per heavy atom. The number of rotatable bonds is 8. The SMILES string of the molecule is NC[C@@H]1CN(CC(=O)N(CCC(N)=O)c2ccc(F)cc2)C[C@H]1c1ccccc1. The fourth-order valence-electron chi connectivity index (χ4n) is 3.92. The molecule has 1 heterocycles. The number of nitrogens with two attached hydrogens (primary N) is 2. The summed E-state index contributed by atoms with van der Waals surface area (Å²) in [6.07, 6.45) is 0.0428. The number of primary amides is 1. The van der Waals surface area contributed by atoms with Crippen LogP contribution in [-0.2, 0) is 9.59 Å². The second-order valence-corrected chi connectivity index (χ2v) is 7.45. The van der Waals surface area contributed by atoms with Gasteiger partial charge in [0.1, 0.15) is 5.82 Å². The van der Waals surface area contributed by atoms with Gasteiger partial charge in [-0.15, -0.1) is 0 Å². The van der Waals surface area contributed by atoms with E-state index in [1.54, 1.807) is 0 Å². The molecule has 29 heavy (non-hydrogen) atoms. The van der Waals surface area contributed by atoms with E-state index in [0.29, 0.717) is 12.2 Å². The van der Waals surface area contributed by atoms with Gasteiger partial charge in [-0.05, 0) is 42.3 Å². The van der Waals surface area contributed by atoms with E-state index in [0.717, 1.165) is 13.1 Å². The Balaban J connectivity index is 1.71. The van der Waals surface area contributed by atoms with Crippen molar-refractivity contribution >= 4 is 17.5 Å². The Morgan fingerprint density at radius 2 is 1.76 bits per heavy atom. The van der Waals surface area contributed by atoms with Crippen molar-refractivity contribution in [1.82, 2.24) is 4.90 Å². The third-order valence-electron chi connectivity index (χ3n) is 5.43. The van der Waals surface area contributed by atoms with Crippen molar-refractivity contribution in [2.24, 2.45) is 17.4 Å². The van der Waals surface area contributed by atoms with Gasteiger partial charge in [0.2, 0.25) is 11.8 Å². The molecule has 1 saturated heterocycles. The summed E-state index contributed by atoms with van der Waals surface area (Å²) >= 11 is 0. The van der Waals surface area contributed by atoms with Crippen LogP contribution in [0.15, 0.2) is 54.6 Å². The molecule has 7 heteroatoms. The first-order chi connectivity index (χ1) is 14.0. The zero-order valence-electron chi connectivity index (χ0n) is 16.3. The van der Waals surface area contributed by atoms with Crippen LogP contribution in [0.4, 0.5) is 10.1 Å². The number of halogens is 1. The lowest BCUT2D eigenvalue weighted by atomic mass is 9.89. The van der Waals surface area contributed by atoms with Gasteiger partial charge in [0.15, 0.2) is 0 Å². The fourth-order valence-corrected chi connectivity index (χ4v) is 3.92. The highest BCUT2D eigenvalue weighted by molar-refractivity contribution is 5.95. The number of amides is 2. The van der Waals surface area contributed by atoms with E-state index in [1.165, 1.54) is 34.7 Å². The molecule has 0 spiro atoms. The van der Waals surface area contributed by atoms with E-state index >= 15 is 0 Å². The smallest absolute Gasteiger partial charge is 0.241 e. The van der Waals surface area contributed by atoms with Gasteiger partial charge in [-0.2, -0.15) is 0 Å². The lowest BCUT2D eigenvalue weighted by molar-refractivity contribution is -0.120. The first-order valence-electron chi connectivity index (χ1n) is 9.79. The molecule has 2 aromatic rings. The number of anilines is 1. The number of hydrogen-bond acceptors (Lipinski definition) is 4. The van der Waals surface area contributed by atoms with Gasteiger partial charge in [-0.25, -0.2) is 4.39 Å². The zero-order chi connectivity index (χ0) is 20.8. The first kappa shape index (κ1) is 21.0. The summed E-state index contributed by atoms with van der Waals surface area (Å²) in [6.45, 7) is 2.39. The van der Waals surface area contributed by atoms with Crippen LogP contribution >= 0.6 is 0 Å². The lowest BCUT2D eigenvalue weighted by Crippen LogP contribution is -2.41. The molecule has 6 nitrogen and oxygen atoms in total. The van der Waals surface area contributed by atoms with Crippen LogP contribution in [-0.4, -0.2) is 49.4 Å². The van der Waals surface area contributed by atoms with Crippen LogP contribution in [0, 0.1) is 11.7 Å². The molecule has 0 unspecified atom stereocenters. The van der Waals surface area contributed by atoms with Crippen molar-refractivity contribution in [3.8, 4) is 0 Å². The summed E-state index contributed by atoms with van der Waals surface area (Å²) in [5, 5.41) is 0. The second kappa shape index (κ2) is 9.62. The number of hydrogen-bond donors (Lipinski definition) is 2. The van der Waals surface area contributed by atoms with Crippen LogP contribution in [0.5, 0.6) is 0 Å². The number of carbonyl (C=O) groups is 2. The molecule has 1 aliphatic heterocycles. The summed E-state index contributed by atoms with van der Waals surface area (Å²) in [5.41, 5.74) is 13.0. The average Bonchev–Trinajstić information content (AvgIpc) is 3.12. The van der Waals surface area contributed by atoms with Crippen molar-refractivity contribution in [2.75, 3.05) is 37.6 Å². The standard InChI is InChI=1S/C22H27FN4O2/c23-18-6-8-19(9-7-18)27(11-10-21(25)28)22(29)15-26-13-17(12-24)20(14-26)16-4-2-1-3-5-16/h1-9,17,20H,10-15,24H2,(H2,25,28)/t17-,20+/m1/s1. The highest BCUT2D eigenvalue weighted by Crippen LogP contribution is 2.32. The molecule has 154 valence electrons. The van der Waals surface area contributed by atoms with E-state index in [2.05, 4.69) is 17.0 Å². The van der Waals surface area contributed by atoms with Crippen molar-refractivity contribution in [3.05, 3.63) is 66.0 Å². The van der Waals surface area contributed by atoms with Crippen LogP contribution in [0.1, 0.15) is 17.9 Å². The third kappa shape index (κ3) is 5.40. The lowest BCUT2D eigenvalue weighted by Gasteiger charge is -2.25. The molecular weight excluding hydrogens is 371 g/mol. The molecule has 2 aromatic carbocycles. The molecule has 0 aromatic heterocycles.